The Morgan fingerprint density at radius 2 is 1.40 bits per heavy atom. The van der Waals surface area contributed by atoms with Crippen LogP contribution in [0, 0.1) is 5.92 Å². The van der Waals surface area contributed by atoms with Crippen LogP contribution in [-0.2, 0) is 5.41 Å². The van der Waals surface area contributed by atoms with Crippen molar-refractivity contribution in [2.45, 2.75) is 19.3 Å². The van der Waals surface area contributed by atoms with Crippen molar-refractivity contribution in [2.24, 2.45) is 5.92 Å². The number of aldehydes is 2. The van der Waals surface area contributed by atoms with Crippen molar-refractivity contribution in [2.75, 3.05) is 0 Å². The SMILES string of the molecule is CC1C=CC=CC1(C)c1ccc(-c2ccccc2-c2ccccc2)c(C=O)c1C=O. The van der Waals surface area contributed by atoms with Gasteiger partial charge in [0.1, 0.15) is 0 Å². The molecule has 0 bridgehead atoms. The summed E-state index contributed by atoms with van der Waals surface area (Å²) in [7, 11) is 0. The van der Waals surface area contributed by atoms with Gasteiger partial charge < -0.3 is 0 Å². The molecular weight excluding hydrogens is 368 g/mol. The van der Waals surface area contributed by atoms with Crippen molar-refractivity contribution in [1.82, 2.24) is 0 Å². The van der Waals surface area contributed by atoms with Crippen molar-refractivity contribution in [3.63, 3.8) is 0 Å². The molecule has 1 aliphatic rings. The summed E-state index contributed by atoms with van der Waals surface area (Å²) in [4.78, 5) is 24.5. The first-order valence-corrected chi connectivity index (χ1v) is 10.2. The Morgan fingerprint density at radius 1 is 0.733 bits per heavy atom. The molecule has 0 saturated heterocycles. The second kappa shape index (κ2) is 8.08. The average molecular weight is 392 g/mol. The summed E-state index contributed by atoms with van der Waals surface area (Å²) in [5.41, 5.74) is 5.28. The first kappa shape index (κ1) is 19.8. The third-order valence-electron chi connectivity index (χ3n) is 6.30. The Balaban J connectivity index is 1.95. The van der Waals surface area contributed by atoms with Crippen LogP contribution in [0.25, 0.3) is 22.3 Å². The van der Waals surface area contributed by atoms with Gasteiger partial charge in [-0.25, -0.2) is 0 Å². The van der Waals surface area contributed by atoms with Gasteiger partial charge in [-0.05, 0) is 33.7 Å². The maximum absolute atomic E-state index is 12.3. The fourth-order valence-electron chi connectivity index (χ4n) is 4.36. The minimum absolute atomic E-state index is 0.211. The van der Waals surface area contributed by atoms with E-state index in [0.717, 1.165) is 40.4 Å². The maximum atomic E-state index is 12.3. The zero-order chi connectivity index (χ0) is 21.1. The molecule has 0 N–H and O–H groups in total. The van der Waals surface area contributed by atoms with E-state index in [0.29, 0.717) is 11.1 Å². The molecule has 0 saturated carbocycles. The van der Waals surface area contributed by atoms with Crippen LogP contribution in [0.4, 0.5) is 0 Å². The van der Waals surface area contributed by atoms with E-state index in [-0.39, 0.29) is 11.3 Å². The third-order valence-corrected chi connectivity index (χ3v) is 6.30. The van der Waals surface area contributed by atoms with E-state index in [9.17, 15) is 9.59 Å². The second-order valence-electron chi connectivity index (χ2n) is 7.95. The number of hydrogen-bond acceptors (Lipinski definition) is 2. The van der Waals surface area contributed by atoms with Crippen molar-refractivity contribution >= 4 is 12.6 Å². The molecule has 3 aromatic carbocycles. The van der Waals surface area contributed by atoms with E-state index in [1.165, 1.54) is 0 Å². The summed E-state index contributed by atoms with van der Waals surface area (Å²) in [6.45, 7) is 4.25. The number of carbonyl (C=O) groups excluding carboxylic acids is 2. The lowest BCUT2D eigenvalue weighted by Gasteiger charge is -2.35. The smallest absolute Gasteiger partial charge is 0.151 e. The molecule has 1 aliphatic carbocycles. The second-order valence-corrected chi connectivity index (χ2v) is 7.95. The van der Waals surface area contributed by atoms with Crippen LogP contribution in [0.3, 0.4) is 0 Å². The topological polar surface area (TPSA) is 34.1 Å². The number of hydrogen-bond donors (Lipinski definition) is 0. The van der Waals surface area contributed by atoms with Gasteiger partial charge in [0.05, 0.1) is 0 Å². The average Bonchev–Trinajstić information content (AvgIpc) is 2.80. The monoisotopic (exact) mass is 392 g/mol. The van der Waals surface area contributed by atoms with Gasteiger partial charge in [-0.3, -0.25) is 9.59 Å². The Kier molecular flexibility index (Phi) is 5.33. The summed E-state index contributed by atoms with van der Waals surface area (Å²) in [6.07, 6.45) is 9.93. The van der Waals surface area contributed by atoms with E-state index < -0.39 is 0 Å². The molecule has 0 amide bonds. The highest BCUT2D eigenvalue weighted by Gasteiger charge is 2.33. The van der Waals surface area contributed by atoms with E-state index in [1.54, 1.807) is 0 Å². The minimum Gasteiger partial charge on any atom is -0.298 e. The lowest BCUT2D eigenvalue weighted by Crippen LogP contribution is -2.30. The van der Waals surface area contributed by atoms with E-state index in [1.807, 2.05) is 66.7 Å². The predicted octanol–water partition coefficient (Wildman–Crippen LogP) is 6.67. The molecule has 2 unspecified atom stereocenters. The van der Waals surface area contributed by atoms with Crippen LogP contribution >= 0.6 is 0 Å². The quantitative estimate of drug-likeness (QED) is 0.455. The number of benzene rings is 3. The fourth-order valence-corrected chi connectivity index (χ4v) is 4.36. The van der Waals surface area contributed by atoms with Crippen LogP contribution in [0.5, 0.6) is 0 Å². The van der Waals surface area contributed by atoms with Gasteiger partial charge in [-0.1, -0.05) is 105 Å². The van der Waals surface area contributed by atoms with Crippen molar-refractivity contribution < 1.29 is 9.59 Å². The van der Waals surface area contributed by atoms with Crippen molar-refractivity contribution in [3.8, 4) is 22.3 Å². The zero-order valence-corrected chi connectivity index (χ0v) is 17.2. The van der Waals surface area contributed by atoms with Crippen LogP contribution in [0.1, 0.15) is 40.1 Å². The largest absolute Gasteiger partial charge is 0.298 e. The minimum atomic E-state index is -0.347. The summed E-state index contributed by atoms with van der Waals surface area (Å²) < 4.78 is 0. The molecule has 0 fully saturated rings. The van der Waals surface area contributed by atoms with E-state index >= 15 is 0 Å². The third kappa shape index (κ3) is 3.25. The lowest BCUT2D eigenvalue weighted by atomic mass is 9.68. The molecule has 2 heteroatoms. The fraction of sp³-hybridized carbons (Fsp3) is 0.143. The summed E-state index contributed by atoms with van der Waals surface area (Å²) in [5, 5.41) is 0. The molecule has 0 radical (unpaired) electrons. The summed E-state index contributed by atoms with van der Waals surface area (Å²) in [5.74, 6) is 0.211. The van der Waals surface area contributed by atoms with Crippen molar-refractivity contribution in [3.05, 3.63) is 108 Å². The Bertz CT molecular complexity index is 1150. The molecule has 0 aliphatic heterocycles. The first-order valence-electron chi connectivity index (χ1n) is 10.2. The lowest BCUT2D eigenvalue weighted by molar-refractivity contribution is 0.109. The zero-order valence-electron chi connectivity index (χ0n) is 17.2. The normalized spacial score (nSPS) is 20.1. The molecule has 0 spiro atoms. The van der Waals surface area contributed by atoms with Crippen LogP contribution in [-0.4, -0.2) is 12.6 Å². The van der Waals surface area contributed by atoms with E-state index in [4.69, 9.17) is 0 Å². The molecule has 0 aromatic heterocycles. The Labute approximate surface area is 177 Å². The molecule has 3 aromatic rings. The maximum Gasteiger partial charge on any atom is 0.151 e. The van der Waals surface area contributed by atoms with Crippen molar-refractivity contribution in [1.29, 1.82) is 0 Å². The van der Waals surface area contributed by atoms with Gasteiger partial charge in [0.2, 0.25) is 0 Å². The molecule has 30 heavy (non-hydrogen) atoms. The highest BCUT2D eigenvalue weighted by Crippen LogP contribution is 2.42. The van der Waals surface area contributed by atoms with Gasteiger partial charge in [-0.2, -0.15) is 0 Å². The predicted molar refractivity (Wildman–Crippen MR) is 123 cm³/mol. The Hall–Kier alpha value is -3.52. The summed E-state index contributed by atoms with van der Waals surface area (Å²) >= 11 is 0. The molecule has 4 rings (SSSR count). The number of allylic oxidation sites excluding steroid dienone is 4. The molecule has 2 atom stereocenters. The highest BCUT2D eigenvalue weighted by atomic mass is 16.1. The standard InChI is InChI=1S/C28H24O2/c1-20-10-8-9-17-28(20,2)27-16-15-24(25(18-29)26(27)19-30)23-14-7-6-13-22(23)21-11-4-3-5-12-21/h3-20H,1-2H3. The molecule has 2 nitrogen and oxygen atoms in total. The molecular formula is C28H24O2. The molecule has 0 heterocycles. The van der Waals surface area contributed by atoms with Crippen LogP contribution in [0.15, 0.2) is 91.0 Å². The van der Waals surface area contributed by atoms with Gasteiger partial charge >= 0.3 is 0 Å². The van der Waals surface area contributed by atoms with Gasteiger partial charge in [-0.15, -0.1) is 0 Å². The van der Waals surface area contributed by atoms with Gasteiger partial charge in [0.25, 0.3) is 0 Å². The summed E-state index contributed by atoms with van der Waals surface area (Å²) in [6, 6.07) is 22.1. The number of carbonyl (C=O) groups is 2. The van der Waals surface area contributed by atoms with E-state index in [2.05, 4.69) is 38.1 Å². The first-order chi connectivity index (χ1) is 14.6. The van der Waals surface area contributed by atoms with Gasteiger partial charge in [0.15, 0.2) is 12.6 Å². The Morgan fingerprint density at radius 3 is 2.07 bits per heavy atom. The highest BCUT2D eigenvalue weighted by molar-refractivity contribution is 6.01. The number of rotatable bonds is 5. The molecule has 148 valence electrons. The van der Waals surface area contributed by atoms with Crippen LogP contribution in [0.2, 0.25) is 0 Å². The van der Waals surface area contributed by atoms with Crippen LogP contribution < -0.4 is 0 Å². The van der Waals surface area contributed by atoms with Gasteiger partial charge in [0, 0.05) is 16.5 Å².